The molecule has 0 aliphatic carbocycles. The Morgan fingerprint density at radius 1 is 1.50 bits per heavy atom. The summed E-state index contributed by atoms with van der Waals surface area (Å²) in [5.41, 5.74) is 0. The number of halogens is 1. The van der Waals surface area contributed by atoms with Crippen molar-refractivity contribution in [3.05, 3.63) is 10.2 Å². The Bertz CT molecular complexity index is 45.9. The lowest BCUT2D eigenvalue weighted by Gasteiger charge is -1.86. The molecule has 0 heterocycles. The van der Waals surface area contributed by atoms with Gasteiger partial charge in [0.1, 0.15) is 0 Å². The average molecular weight is 196 g/mol. The Hall–Kier alpha value is 0.470. The van der Waals surface area contributed by atoms with E-state index in [1.54, 1.807) is 0 Å². The fourth-order valence-electron chi connectivity index (χ4n) is 0.145. The van der Waals surface area contributed by atoms with Crippen molar-refractivity contribution in [3.63, 3.8) is 0 Å². The summed E-state index contributed by atoms with van der Waals surface area (Å²) in [6.45, 7) is 4.32. The minimum atomic E-state index is 0.710. The van der Waals surface area contributed by atoms with Gasteiger partial charge in [0.05, 0.1) is 0 Å². The molecule has 0 aliphatic rings. The van der Waals surface area contributed by atoms with E-state index in [0.29, 0.717) is 5.92 Å². The minimum Gasteiger partial charge on any atom is -0.0759 e. The summed E-state index contributed by atoms with van der Waals surface area (Å²) in [5, 5.41) is 0. The lowest BCUT2D eigenvalue weighted by Crippen LogP contribution is -1.72. The van der Waals surface area contributed by atoms with Crippen LogP contribution < -0.4 is 0 Å². The van der Waals surface area contributed by atoms with Gasteiger partial charge >= 0.3 is 0 Å². The van der Waals surface area contributed by atoms with Crippen molar-refractivity contribution in [1.82, 2.24) is 0 Å². The molecule has 0 atom stereocenters. The van der Waals surface area contributed by atoms with E-state index in [4.69, 9.17) is 0 Å². The normalized spacial score (nSPS) is 11.3. The summed E-state index contributed by atoms with van der Waals surface area (Å²) >= 11 is 2.22. The maximum atomic E-state index is 2.22. The first-order valence-electron chi connectivity index (χ1n) is 2.04. The molecule has 0 radical (unpaired) electrons. The van der Waals surface area contributed by atoms with Crippen molar-refractivity contribution in [3.8, 4) is 0 Å². The molecule has 6 heavy (non-hydrogen) atoms. The van der Waals surface area contributed by atoms with Gasteiger partial charge in [-0.2, -0.15) is 0 Å². The van der Waals surface area contributed by atoms with Crippen LogP contribution in [0.25, 0.3) is 0 Å². The van der Waals surface area contributed by atoms with Gasteiger partial charge in [0.25, 0.3) is 0 Å². The van der Waals surface area contributed by atoms with Crippen LogP contribution in [0, 0.1) is 5.92 Å². The predicted octanol–water partition coefficient (Wildman–Crippen LogP) is 2.59. The molecule has 0 aromatic rings. The first kappa shape index (κ1) is 6.47. The van der Waals surface area contributed by atoms with Crippen LogP contribution in [-0.4, -0.2) is 0 Å². The zero-order valence-corrected chi connectivity index (χ0v) is 6.27. The van der Waals surface area contributed by atoms with Crippen LogP contribution in [0.2, 0.25) is 0 Å². The molecule has 1 heteroatoms. The molecule has 0 amide bonds. The first-order chi connectivity index (χ1) is 2.77. The van der Waals surface area contributed by atoms with Crippen LogP contribution in [0.15, 0.2) is 10.2 Å². The summed E-state index contributed by atoms with van der Waals surface area (Å²) in [6, 6.07) is 0. The monoisotopic (exact) mass is 196 g/mol. The molecule has 0 saturated carbocycles. The summed E-state index contributed by atoms with van der Waals surface area (Å²) in [6.07, 6.45) is 2.15. The first-order valence-corrected chi connectivity index (χ1v) is 3.29. The Labute approximate surface area is 52.8 Å². The topological polar surface area (TPSA) is 0 Å². The van der Waals surface area contributed by atoms with Gasteiger partial charge in [-0.1, -0.05) is 42.5 Å². The van der Waals surface area contributed by atoms with Gasteiger partial charge in [-0.25, -0.2) is 0 Å². The van der Waals surface area contributed by atoms with Crippen LogP contribution in [-0.2, 0) is 0 Å². The second kappa shape index (κ2) is 3.65. The highest BCUT2D eigenvalue weighted by molar-refractivity contribution is 14.1. The third kappa shape index (κ3) is 4.47. The van der Waals surface area contributed by atoms with E-state index in [0.717, 1.165) is 0 Å². The number of hydrogen-bond acceptors (Lipinski definition) is 0. The maximum absolute atomic E-state index is 2.22. The second-order valence-electron chi connectivity index (χ2n) is 1.56. The molecule has 0 saturated heterocycles. The zero-order chi connectivity index (χ0) is 4.99. The molecule has 0 spiro atoms. The smallest absolute Gasteiger partial charge is 0.0271 e. The summed E-state index contributed by atoms with van der Waals surface area (Å²) in [4.78, 5) is 0. The maximum Gasteiger partial charge on any atom is -0.0271 e. The highest BCUT2D eigenvalue weighted by Crippen LogP contribution is 1.95. The van der Waals surface area contributed by atoms with Crippen LogP contribution >= 0.6 is 22.6 Å². The van der Waals surface area contributed by atoms with E-state index < -0.39 is 0 Å². The van der Waals surface area contributed by atoms with E-state index in [1.807, 2.05) is 4.08 Å². The van der Waals surface area contributed by atoms with E-state index in [1.165, 1.54) is 0 Å². The van der Waals surface area contributed by atoms with Crippen LogP contribution in [0.5, 0.6) is 0 Å². The standard InChI is InChI=1S/C5H9I/c1-5(2)3-4-6/h3-5H,1-2H3/b4-3-. The Morgan fingerprint density at radius 3 is 2.00 bits per heavy atom. The molecular formula is C5H9I. The van der Waals surface area contributed by atoms with Crippen LogP contribution in [0.4, 0.5) is 0 Å². The Morgan fingerprint density at radius 2 is 2.00 bits per heavy atom. The van der Waals surface area contributed by atoms with Gasteiger partial charge < -0.3 is 0 Å². The fourth-order valence-corrected chi connectivity index (χ4v) is 0.976. The molecule has 0 rings (SSSR count). The zero-order valence-electron chi connectivity index (χ0n) is 4.11. The summed E-state index contributed by atoms with van der Waals surface area (Å²) in [5.74, 6) is 0.710. The number of rotatable bonds is 1. The van der Waals surface area contributed by atoms with Crippen molar-refractivity contribution in [2.75, 3.05) is 0 Å². The highest BCUT2D eigenvalue weighted by Gasteiger charge is 1.77. The molecular weight excluding hydrogens is 187 g/mol. The van der Waals surface area contributed by atoms with Crippen LogP contribution in [0.1, 0.15) is 13.8 Å². The lowest BCUT2D eigenvalue weighted by atomic mass is 10.2. The molecule has 0 nitrogen and oxygen atoms in total. The Balaban J connectivity index is 3.03. The quantitative estimate of drug-likeness (QED) is 0.565. The van der Waals surface area contributed by atoms with Gasteiger partial charge in [0, 0.05) is 0 Å². The lowest BCUT2D eigenvalue weighted by molar-refractivity contribution is 0.834. The predicted molar refractivity (Wildman–Crippen MR) is 38.0 cm³/mol. The molecule has 0 fully saturated rings. The second-order valence-corrected chi connectivity index (χ2v) is 2.28. The van der Waals surface area contributed by atoms with Crippen LogP contribution in [0.3, 0.4) is 0 Å². The number of allylic oxidation sites excluding steroid dienone is 1. The molecule has 0 aromatic heterocycles. The van der Waals surface area contributed by atoms with Crippen molar-refractivity contribution < 1.29 is 0 Å². The third-order valence-electron chi connectivity index (χ3n) is 0.458. The molecule has 0 bridgehead atoms. The fraction of sp³-hybridized carbons (Fsp3) is 0.600. The van der Waals surface area contributed by atoms with Gasteiger partial charge in [-0.3, -0.25) is 0 Å². The Kier molecular flexibility index (Phi) is 3.94. The van der Waals surface area contributed by atoms with Crippen molar-refractivity contribution in [2.24, 2.45) is 5.92 Å². The SMILES string of the molecule is CC(C)/C=C\I. The van der Waals surface area contributed by atoms with Gasteiger partial charge in [-0.15, -0.1) is 0 Å². The molecule has 0 aliphatic heterocycles. The van der Waals surface area contributed by atoms with Gasteiger partial charge in [0.15, 0.2) is 0 Å². The van der Waals surface area contributed by atoms with Crippen molar-refractivity contribution in [1.29, 1.82) is 0 Å². The minimum absolute atomic E-state index is 0.710. The molecule has 0 N–H and O–H groups in total. The molecule has 36 valence electrons. The number of hydrogen-bond donors (Lipinski definition) is 0. The average Bonchev–Trinajstić information content (AvgIpc) is 1.35. The molecule has 0 aromatic carbocycles. The van der Waals surface area contributed by atoms with Crippen molar-refractivity contribution >= 4 is 22.6 Å². The summed E-state index contributed by atoms with van der Waals surface area (Å²) in [7, 11) is 0. The van der Waals surface area contributed by atoms with Gasteiger partial charge in [0.2, 0.25) is 0 Å². The van der Waals surface area contributed by atoms with E-state index in [9.17, 15) is 0 Å². The largest absolute Gasteiger partial charge is 0.0759 e. The summed E-state index contributed by atoms with van der Waals surface area (Å²) < 4.78 is 2.04. The highest BCUT2D eigenvalue weighted by atomic mass is 127. The van der Waals surface area contributed by atoms with E-state index >= 15 is 0 Å². The van der Waals surface area contributed by atoms with Gasteiger partial charge in [-0.05, 0) is 10.0 Å². The van der Waals surface area contributed by atoms with E-state index in [2.05, 4.69) is 42.5 Å². The third-order valence-corrected chi connectivity index (χ3v) is 0.873. The van der Waals surface area contributed by atoms with Crippen molar-refractivity contribution in [2.45, 2.75) is 13.8 Å². The van der Waals surface area contributed by atoms with E-state index in [-0.39, 0.29) is 0 Å². The molecule has 0 unspecified atom stereocenters.